The number of rotatable bonds is 10. The Labute approximate surface area is 300 Å². The summed E-state index contributed by atoms with van der Waals surface area (Å²) >= 11 is 6.26. The largest absolute Gasteiger partial charge is 0.465 e. The number of hydrogen-bond acceptors (Lipinski definition) is 10. The van der Waals surface area contributed by atoms with Gasteiger partial charge in [0, 0.05) is 56.8 Å². The third kappa shape index (κ3) is 12.3. The molecule has 1 heterocycles. The Bertz CT molecular complexity index is 1240. The molecule has 0 amide bonds. The minimum Gasteiger partial charge on any atom is -0.465 e. The second kappa shape index (κ2) is 19.5. The van der Waals surface area contributed by atoms with Gasteiger partial charge in [-0.2, -0.15) is 0 Å². The number of Topliss-reactive ketones (excluding diaryl/α,β-unsaturated/α-hetero) is 1. The van der Waals surface area contributed by atoms with Gasteiger partial charge in [-0.25, -0.2) is 0 Å². The fraction of sp³-hybridized carbons (Fsp3) is 0.737. The lowest BCUT2D eigenvalue weighted by Gasteiger charge is -2.44. The first-order valence-corrected chi connectivity index (χ1v) is 17.8. The highest BCUT2D eigenvalue weighted by Gasteiger charge is 2.51. The summed E-state index contributed by atoms with van der Waals surface area (Å²) in [7, 11) is 7.23. The molecule has 1 aromatic carbocycles. The maximum absolute atomic E-state index is 14.3. The Morgan fingerprint density at radius 1 is 1.16 bits per heavy atom. The number of cyclic esters (lactones) is 1. The van der Waals surface area contributed by atoms with E-state index in [1.165, 1.54) is 7.11 Å². The van der Waals surface area contributed by atoms with Crippen LogP contribution in [-0.2, 0) is 30.3 Å². The van der Waals surface area contributed by atoms with Crippen LogP contribution in [0.5, 0.6) is 0 Å². The zero-order valence-electron chi connectivity index (χ0n) is 31.4. The Morgan fingerprint density at radius 2 is 1.84 bits per heavy atom. The molecule has 1 aliphatic heterocycles. The van der Waals surface area contributed by atoms with Gasteiger partial charge < -0.3 is 34.2 Å². The van der Waals surface area contributed by atoms with Crippen LogP contribution in [0.15, 0.2) is 24.3 Å². The second-order valence-electron chi connectivity index (χ2n) is 14.9. The van der Waals surface area contributed by atoms with E-state index in [0.29, 0.717) is 43.9 Å². The standard InChI is InChI=1S/C38H62ClN3O7/c1-12-38(47-11)23-26(2)24-41(10)18-19-42(25-30-15-13-16-31(39)22-30)17-14-20-48-36(46)37(6,7)34(45)28(4)35(38)49-29(5)33(44)32(40(8)9)21-27(3)43/h1,13,15-16,22,26-29,32-33,35,43-44H,14,17-21,23-25H2,2-11H3/t26-,27-,28+,29-,32+,33+,35-,38-/m1/s1. The molecule has 1 aliphatic rings. The predicted octanol–water partition coefficient (Wildman–Crippen LogP) is 4.13. The molecule has 0 saturated carbocycles. The second-order valence-corrected chi connectivity index (χ2v) is 15.3. The molecule has 0 spiro atoms. The topological polar surface area (TPSA) is 112 Å². The first kappa shape index (κ1) is 43.1. The Kier molecular flexibility index (Phi) is 17.2. The molecular weight excluding hydrogens is 646 g/mol. The monoisotopic (exact) mass is 707 g/mol. The van der Waals surface area contributed by atoms with Gasteiger partial charge in [0.1, 0.15) is 11.5 Å². The number of aliphatic hydroxyl groups excluding tert-OH is 2. The number of nitrogens with zero attached hydrogens (tertiary/aromatic N) is 3. The molecule has 1 saturated heterocycles. The molecule has 1 aromatic rings. The van der Waals surface area contributed by atoms with Crippen LogP contribution in [0, 0.1) is 29.6 Å². The molecule has 0 radical (unpaired) electrons. The summed E-state index contributed by atoms with van der Waals surface area (Å²) < 4.78 is 18.5. The SMILES string of the molecule is C#C[C@@]1(OC)C[C@@H](C)CN(C)CCN(Cc2cccc(Cl)c2)CCCOC(=O)C(C)(C)C(=O)[C@H](C)[C@H]1O[C@H](C)[C@H](O)[C@H](C[C@@H](C)O)N(C)C. The predicted molar refractivity (Wildman–Crippen MR) is 194 cm³/mol. The Balaban J connectivity index is 2.50. The van der Waals surface area contributed by atoms with E-state index in [-0.39, 0.29) is 12.5 Å². The van der Waals surface area contributed by atoms with Crippen molar-refractivity contribution in [2.75, 3.05) is 61.0 Å². The van der Waals surface area contributed by atoms with E-state index < -0.39 is 59.1 Å². The van der Waals surface area contributed by atoms with Crippen molar-refractivity contribution < 1.29 is 34.0 Å². The highest BCUT2D eigenvalue weighted by molar-refractivity contribution is 6.30. The minimum absolute atomic E-state index is 0.0226. The van der Waals surface area contributed by atoms with Crippen LogP contribution in [0.4, 0.5) is 0 Å². The number of hydrogen-bond donors (Lipinski definition) is 2. The summed E-state index contributed by atoms with van der Waals surface area (Å²) in [6, 6.07) is 7.37. The Hall–Kier alpha value is -2.07. The van der Waals surface area contributed by atoms with Crippen LogP contribution in [-0.4, -0.2) is 134 Å². The number of esters is 1. The fourth-order valence-corrected chi connectivity index (χ4v) is 7.11. The average Bonchev–Trinajstić information content (AvgIpc) is 3.03. The van der Waals surface area contributed by atoms with Gasteiger partial charge in [-0.15, -0.1) is 6.42 Å². The van der Waals surface area contributed by atoms with Gasteiger partial charge in [0.25, 0.3) is 0 Å². The van der Waals surface area contributed by atoms with Crippen LogP contribution in [0.1, 0.15) is 66.4 Å². The van der Waals surface area contributed by atoms with Crippen molar-refractivity contribution in [2.24, 2.45) is 17.3 Å². The molecule has 11 heteroatoms. The molecule has 278 valence electrons. The normalized spacial score (nSPS) is 28.2. The van der Waals surface area contributed by atoms with Crippen LogP contribution in [0.3, 0.4) is 0 Å². The zero-order valence-corrected chi connectivity index (χ0v) is 32.2. The number of carbonyl (C=O) groups is 2. The molecular formula is C38H62ClN3O7. The van der Waals surface area contributed by atoms with E-state index in [9.17, 15) is 19.8 Å². The van der Waals surface area contributed by atoms with Crippen molar-refractivity contribution in [1.82, 2.24) is 14.7 Å². The lowest BCUT2D eigenvalue weighted by molar-refractivity contribution is -0.184. The van der Waals surface area contributed by atoms with Gasteiger partial charge in [0.15, 0.2) is 11.4 Å². The number of carbonyl (C=O) groups excluding carboxylic acids is 2. The molecule has 49 heavy (non-hydrogen) atoms. The van der Waals surface area contributed by atoms with Crippen molar-refractivity contribution in [1.29, 1.82) is 0 Å². The van der Waals surface area contributed by atoms with Crippen molar-refractivity contribution >= 4 is 23.4 Å². The van der Waals surface area contributed by atoms with Gasteiger partial charge in [0.2, 0.25) is 0 Å². The summed E-state index contributed by atoms with van der Waals surface area (Å²) in [4.78, 5) is 34.2. The summed E-state index contributed by atoms with van der Waals surface area (Å²) in [5.74, 6) is 0.944. The molecule has 10 nitrogen and oxygen atoms in total. The van der Waals surface area contributed by atoms with Gasteiger partial charge in [-0.1, -0.05) is 43.5 Å². The number of terminal acetylenes is 1. The highest BCUT2D eigenvalue weighted by atomic mass is 35.5. The summed E-state index contributed by atoms with van der Waals surface area (Å²) in [6.07, 6.45) is 4.04. The average molecular weight is 708 g/mol. The number of likely N-dealkylation sites (N-methyl/N-ethyl adjacent to an activating group) is 2. The van der Waals surface area contributed by atoms with Crippen molar-refractivity contribution in [3.63, 3.8) is 0 Å². The molecule has 2 N–H and O–H groups in total. The van der Waals surface area contributed by atoms with Gasteiger partial charge in [-0.05, 0) is 91.7 Å². The number of benzene rings is 1. The fourth-order valence-electron chi connectivity index (χ4n) is 6.90. The summed E-state index contributed by atoms with van der Waals surface area (Å²) in [6.45, 7) is 14.1. The van der Waals surface area contributed by atoms with E-state index in [1.54, 1.807) is 34.6 Å². The summed E-state index contributed by atoms with van der Waals surface area (Å²) in [5, 5.41) is 22.3. The third-order valence-electron chi connectivity index (χ3n) is 9.76. The lowest BCUT2D eigenvalue weighted by Crippen LogP contribution is -2.57. The van der Waals surface area contributed by atoms with E-state index in [1.807, 2.05) is 43.3 Å². The number of ether oxygens (including phenoxy) is 3. The van der Waals surface area contributed by atoms with Crippen LogP contribution in [0.2, 0.25) is 5.02 Å². The highest BCUT2D eigenvalue weighted by Crippen LogP contribution is 2.37. The van der Waals surface area contributed by atoms with Crippen molar-refractivity contribution in [2.45, 2.75) is 103 Å². The molecule has 0 bridgehead atoms. The molecule has 1 fully saturated rings. The van der Waals surface area contributed by atoms with Gasteiger partial charge in [0.05, 0.1) is 24.9 Å². The van der Waals surface area contributed by atoms with Crippen LogP contribution >= 0.6 is 11.6 Å². The maximum atomic E-state index is 14.3. The lowest BCUT2D eigenvalue weighted by atomic mass is 9.73. The van der Waals surface area contributed by atoms with E-state index in [4.69, 9.17) is 32.2 Å². The quantitative estimate of drug-likeness (QED) is 0.209. The van der Waals surface area contributed by atoms with Gasteiger partial charge in [-0.3, -0.25) is 14.5 Å². The van der Waals surface area contributed by atoms with E-state index >= 15 is 0 Å². The molecule has 2 rings (SSSR count). The van der Waals surface area contributed by atoms with Crippen LogP contribution < -0.4 is 0 Å². The third-order valence-corrected chi connectivity index (χ3v) is 10.00. The Morgan fingerprint density at radius 3 is 2.41 bits per heavy atom. The van der Waals surface area contributed by atoms with Crippen LogP contribution in [0.25, 0.3) is 0 Å². The number of halogens is 1. The number of aliphatic hydroxyl groups is 2. The summed E-state index contributed by atoms with van der Waals surface area (Å²) in [5.41, 5.74) is -1.78. The smallest absolute Gasteiger partial charge is 0.319 e. The molecule has 0 aromatic heterocycles. The minimum atomic E-state index is -1.50. The molecule has 8 atom stereocenters. The maximum Gasteiger partial charge on any atom is 0.319 e. The zero-order chi connectivity index (χ0) is 37.1. The molecule has 0 aliphatic carbocycles. The van der Waals surface area contributed by atoms with Crippen molar-refractivity contribution in [3.8, 4) is 12.3 Å². The first-order valence-electron chi connectivity index (χ1n) is 17.5. The van der Waals surface area contributed by atoms with Crippen molar-refractivity contribution in [3.05, 3.63) is 34.9 Å². The number of ketones is 1. The van der Waals surface area contributed by atoms with E-state index in [2.05, 4.69) is 29.7 Å². The number of methoxy groups -OCH3 is 1. The molecule has 0 unspecified atom stereocenters. The first-order chi connectivity index (χ1) is 22.9. The van der Waals surface area contributed by atoms with E-state index in [0.717, 1.165) is 18.7 Å². The van der Waals surface area contributed by atoms with Gasteiger partial charge >= 0.3 is 5.97 Å².